The normalized spacial score (nSPS) is 17.1. The minimum absolute atomic E-state index is 0.0786. The summed E-state index contributed by atoms with van der Waals surface area (Å²) in [7, 11) is -3.53. The van der Waals surface area contributed by atoms with Gasteiger partial charge < -0.3 is 5.32 Å². The Morgan fingerprint density at radius 2 is 1.62 bits per heavy atom. The summed E-state index contributed by atoms with van der Waals surface area (Å²) < 4.78 is 27.7. The summed E-state index contributed by atoms with van der Waals surface area (Å²) in [5, 5.41) is 2.98. The number of rotatable bonds is 5. The molecule has 0 aromatic heterocycles. The van der Waals surface area contributed by atoms with Gasteiger partial charge in [0.1, 0.15) is 0 Å². The van der Waals surface area contributed by atoms with Crippen molar-refractivity contribution in [1.29, 1.82) is 0 Å². The number of hydrogen-bond acceptors (Lipinski definition) is 4. The van der Waals surface area contributed by atoms with E-state index >= 15 is 0 Å². The minimum Gasteiger partial charge on any atom is -0.324 e. The maximum atomic E-state index is 13.1. The molecule has 2 aromatic rings. The molecule has 1 amide bonds. The van der Waals surface area contributed by atoms with E-state index < -0.39 is 10.0 Å². The third-order valence-corrected chi connectivity index (χ3v) is 7.61. The fourth-order valence-electron chi connectivity index (χ4n) is 3.57. The molecule has 2 aromatic carbocycles. The number of benzene rings is 2. The molecule has 7 heteroatoms. The van der Waals surface area contributed by atoms with Crippen molar-refractivity contribution in [3.8, 4) is 0 Å². The van der Waals surface area contributed by atoms with Crippen LogP contribution in [0.4, 0.5) is 5.69 Å². The van der Waals surface area contributed by atoms with Crippen molar-refractivity contribution >= 4 is 21.6 Å². The van der Waals surface area contributed by atoms with E-state index in [0.29, 0.717) is 31.1 Å². The highest BCUT2D eigenvalue weighted by Gasteiger charge is 2.32. The van der Waals surface area contributed by atoms with E-state index in [1.807, 2.05) is 69.0 Å². The van der Waals surface area contributed by atoms with Crippen LogP contribution in [0.5, 0.6) is 0 Å². The fourth-order valence-corrected chi connectivity index (χ4v) is 5.30. The summed E-state index contributed by atoms with van der Waals surface area (Å²) in [6.45, 7) is 9.32. The summed E-state index contributed by atoms with van der Waals surface area (Å²) in [4.78, 5) is 15.1. The van der Waals surface area contributed by atoms with Gasteiger partial charge in [-0.15, -0.1) is 0 Å². The Hall–Kier alpha value is -2.22. The number of aryl methyl sites for hydroxylation is 3. The monoisotopic (exact) mass is 415 g/mol. The molecule has 156 valence electrons. The van der Waals surface area contributed by atoms with Gasteiger partial charge in [0.05, 0.1) is 10.9 Å². The molecule has 0 spiro atoms. The van der Waals surface area contributed by atoms with E-state index in [4.69, 9.17) is 0 Å². The van der Waals surface area contributed by atoms with Crippen LogP contribution in [0.15, 0.2) is 47.4 Å². The molecule has 1 saturated heterocycles. The Balaban J connectivity index is 1.64. The lowest BCUT2D eigenvalue weighted by Crippen LogP contribution is -2.54. The first-order valence-corrected chi connectivity index (χ1v) is 11.3. The lowest BCUT2D eigenvalue weighted by Gasteiger charge is -2.37. The molecule has 29 heavy (non-hydrogen) atoms. The molecule has 3 rings (SSSR count). The number of para-hydroxylation sites is 1. The van der Waals surface area contributed by atoms with Gasteiger partial charge in [-0.05, 0) is 56.5 Å². The number of hydrogen-bond donors (Lipinski definition) is 1. The van der Waals surface area contributed by atoms with Gasteiger partial charge in [0.15, 0.2) is 0 Å². The molecule has 1 fully saturated rings. The molecule has 0 aliphatic carbocycles. The molecule has 1 atom stereocenters. The van der Waals surface area contributed by atoms with Gasteiger partial charge in [-0.2, -0.15) is 4.31 Å². The quantitative estimate of drug-likeness (QED) is 0.815. The van der Waals surface area contributed by atoms with Gasteiger partial charge in [0.2, 0.25) is 15.9 Å². The van der Waals surface area contributed by atoms with Gasteiger partial charge in [0.25, 0.3) is 0 Å². The second kappa shape index (κ2) is 8.65. The van der Waals surface area contributed by atoms with Gasteiger partial charge in [0, 0.05) is 31.9 Å². The molecule has 0 bridgehead atoms. The standard InChI is InChI=1S/C22H29N3O3S/c1-16-9-10-18(3)21(15-16)29(27,28)25-13-11-24(12-14-25)19(4)22(26)23-20-8-6-5-7-17(20)2/h5-10,15,19H,11-14H2,1-4H3,(H,23,26). The minimum atomic E-state index is -3.53. The summed E-state index contributed by atoms with van der Waals surface area (Å²) in [5.41, 5.74) is 3.50. The first-order chi connectivity index (χ1) is 13.7. The molecular weight excluding hydrogens is 386 g/mol. The first-order valence-electron chi connectivity index (χ1n) is 9.88. The summed E-state index contributed by atoms with van der Waals surface area (Å²) >= 11 is 0. The molecule has 1 aliphatic rings. The Kier molecular flexibility index (Phi) is 6.41. The summed E-state index contributed by atoms with van der Waals surface area (Å²) in [6, 6.07) is 12.8. The number of carbonyl (C=O) groups is 1. The number of sulfonamides is 1. The summed E-state index contributed by atoms with van der Waals surface area (Å²) in [5.74, 6) is -0.0786. The van der Waals surface area contributed by atoms with Gasteiger partial charge in [-0.3, -0.25) is 9.69 Å². The van der Waals surface area contributed by atoms with Crippen molar-refractivity contribution in [3.63, 3.8) is 0 Å². The van der Waals surface area contributed by atoms with Crippen LogP contribution in [0.3, 0.4) is 0 Å². The van der Waals surface area contributed by atoms with Gasteiger partial charge in [-0.25, -0.2) is 8.42 Å². The predicted molar refractivity (Wildman–Crippen MR) is 116 cm³/mol. The zero-order valence-electron chi connectivity index (χ0n) is 17.5. The predicted octanol–water partition coefficient (Wildman–Crippen LogP) is 2.95. The SMILES string of the molecule is Cc1ccc(C)c(S(=O)(=O)N2CCN(C(C)C(=O)Nc3ccccc3C)CC2)c1. The number of amides is 1. The van der Waals surface area contributed by atoms with Crippen molar-refractivity contribution in [2.75, 3.05) is 31.5 Å². The topological polar surface area (TPSA) is 69.7 Å². The lowest BCUT2D eigenvalue weighted by atomic mass is 10.1. The van der Waals surface area contributed by atoms with Crippen LogP contribution in [0.25, 0.3) is 0 Å². The third-order valence-electron chi connectivity index (χ3n) is 5.56. The maximum absolute atomic E-state index is 13.1. The van der Waals surface area contributed by atoms with Crippen LogP contribution in [0.1, 0.15) is 23.6 Å². The Morgan fingerprint density at radius 1 is 0.966 bits per heavy atom. The van der Waals surface area contributed by atoms with E-state index in [9.17, 15) is 13.2 Å². The van der Waals surface area contributed by atoms with Crippen molar-refractivity contribution < 1.29 is 13.2 Å². The molecule has 1 N–H and O–H groups in total. The van der Waals surface area contributed by atoms with Crippen LogP contribution in [0.2, 0.25) is 0 Å². The highest BCUT2D eigenvalue weighted by Crippen LogP contribution is 2.23. The number of anilines is 1. The van der Waals surface area contributed by atoms with E-state index in [2.05, 4.69) is 5.32 Å². The van der Waals surface area contributed by atoms with Gasteiger partial charge in [-0.1, -0.05) is 30.3 Å². The van der Waals surface area contributed by atoms with Crippen LogP contribution < -0.4 is 5.32 Å². The van der Waals surface area contributed by atoms with E-state index in [-0.39, 0.29) is 11.9 Å². The second-order valence-electron chi connectivity index (χ2n) is 7.69. The zero-order valence-corrected chi connectivity index (χ0v) is 18.3. The maximum Gasteiger partial charge on any atom is 0.243 e. The number of nitrogens with zero attached hydrogens (tertiary/aromatic N) is 2. The Morgan fingerprint density at radius 3 is 2.28 bits per heavy atom. The van der Waals surface area contributed by atoms with Gasteiger partial charge >= 0.3 is 0 Å². The molecule has 0 saturated carbocycles. The number of piperazine rings is 1. The number of carbonyl (C=O) groups excluding carboxylic acids is 1. The summed E-state index contributed by atoms with van der Waals surface area (Å²) in [6.07, 6.45) is 0. The van der Waals surface area contributed by atoms with E-state index in [1.165, 1.54) is 4.31 Å². The third kappa shape index (κ3) is 4.69. The van der Waals surface area contributed by atoms with Crippen molar-refractivity contribution in [3.05, 3.63) is 59.2 Å². The fraction of sp³-hybridized carbons (Fsp3) is 0.409. The molecular formula is C22H29N3O3S. The van der Waals surface area contributed by atoms with Crippen LogP contribution in [-0.2, 0) is 14.8 Å². The second-order valence-corrected chi connectivity index (χ2v) is 9.60. The lowest BCUT2D eigenvalue weighted by molar-refractivity contribution is -0.121. The highest BCUT2D eigenvalue weighted by atomic mass is 32.2. The largest absolute Gasteiger partial charge is 0.324 e. The molecule has 1 heterocycles. The molecule has 6 nitrogen and oxygen atoms in total. The molecule has 0 radical (unpaired) electrons. The van der Waals surface area contributed by atoms with Crippen LogP contribution in [-0.4, -0.2) is 55.8 Å². The van der Waals surface area contributed by atoms with Crippen molar-refractivity contribution in [2.24, 2.45) is 0 Å². The highest BCUT2D eigenvalue weighted by molar-refractivity contribution is 7.89. The average Bonchev–Trinajstić information content (AvgIpc) is 2.71. The van der Waals surface area contributed by atoms with Crippen LogP contribution in [0, 0.1) is 20.8 Å². The van der Waals surface area contributed by atoms with Crippen molar-refractivity contribution in [1.82, 2.24) is 9.21 Å². The van der Waals surface area contributed by atoms with E-state index in [0.717, 1.165) is 22.4 Å². The average molecular weight is 416 g/mol. The van der Waals surface area contributed by atoms with E-state index in [1.54, 1.807) is 6.07 Å². The molecule has 1 aliphatic heterocycles. The smallest absolute Gasteiger partial charge is 0.243 e. The Labute approximate surface area is 173 Å². The number of nitrogens with one attached hydrogen (secondary N) is 1. The van der Waals surface area contributed by atoms with Crippen LogP contribution >= 0.6 is 0 Å². The zero-order chi connectivity index (χ0) is 21.2. The molecule has 1 unspecified atom stereocenters. The first kappa shape index (κ1) is 21.5. The van der Waals surface area contributed by atoms with Crippen molar-refractivity contribution in [2.45, 2.75) is 38.6 Å². The Bertz CT molecular complexity index is 996.